The van der Waals surface area contributed by atoms with Crippen LogP contribution in [0.25, 0.3) is 21.8 Å². The Hall–Kier alpha value is -2.99. The van der Waals surface area contributed by atoms with E-state index in [1.165, 1.54) is 6.92 Å². The fourth-order valence-corrected chi connectivity index (χ4v) is 5.51. The minimum absolute atomic E-state index is 0.0469. The maximum absolute atomic E-state index is 12.7. The highest BCUT2D eigenvalue weighted by Crippen LogP contribution is 2.27. The molecule has 2 fully saturated rings. The molecule has 2 aromatic carbocycles. The number of Topliss-reactive ketones (excluding diaryl/α,β-unsaturated/α-hetero) is 1. The van der Waals surface area contributed by atoms with Crippen molar-refractivity contribution in [1.82, 2.24) is 19.8 Å². The van der Waals surface area contributed by atoms with Gasteiger partial charge in [0.2, 0.25) is 0 Å². The Morgan fingerprint density at radius 3 is 1.92 bits per heavy atom. The Morgan fingerprint density at radius 1 is 0.744 bits per heavy atom. The van der Waals surface area contributed by atoms with Gasteiger partial charge in [-0.3, -0.25) is 14.4 Å². The van der Waals surface area contributed by atoms with Crippen LogP contribution in [0.2, 0.25) is 0 Å². The molecule has 4 heterocycles. The van der Waals surface area contributed by atoms with Gasteiger partial charge in [-0.1, -0.05) is 31.9 Å². The van der Waals surface area contributed by atoms with Gasteiger partial charge in [0.25, 0.3) is 11.8 Å². The second-order valence-corrected chi connectivity index (χ2v) is 11.2. The zero-order valence-corrected chi connectivity index (χ0v) is 24.6. The van der Waals surface area contributed by atoms with Crippen molar-refractivity contribution in [2.24, 2.45) is 0 Å². The van der Waals surface area contributed by atoms with Crippen LogP contribution in [0.5, 0.6) is 0 Å². The van der Waals surface area contributed by atoms with Crippen LogP contribution < -0.4 is 0 Å². The third kappa shape index (κ3) is 6.11. The van der Waals surface area contributed by atoms with E-state index in [4.69, 9.17) is 9.47 Å². The predicted octanol–water partition coefficient (Wildman–Crippen LogP) is 5.01. The number of hydrogen-bond donors (Lipinski definition) is 2. The number of nitrogens with one attached hydrogen (secondary N) is 2. The topological polar surface area (TPSA) is 108 Å². The maximum Gasteiger partial charge on any atom is 0.271 e. The molecule has 2 aliphatic heterocycles. The first-order chi connectivity index (χ1) is 18.8. The molecule has 0 spiro atoms. The highest BCUT2D eigenvalue weighted by Gasteiger charge is 2.26. The number of carbonyl (C=O) groups is 3. The summed E-state index contributed by atoms with van der Waals surface area (Å²) in [7, 11) is 0. The molecule has 204 valence electrons. The largest absolute Gasteiger partial charge is 0.378 e. The maximum atomic E-state index is 12.7. The Labute approximate surface area is 242 Å². The number of aromatic nitrogens is 2. The zero-order valence-electron chi connectivity index (χ0n) is 21.4. The highest BCUT2D eigenvalue weighted by molar-refractivity contribution is 9.10. The van der Waals surface area contributed by atoms with Gasteiger partial charge in [-0.15, -0.1) is 0 Å². The lowest BCUT2D eigenvalue weighted by Crippen LogP contribution is -2.41. The minimum Gasteiger partial charge on any atom is -0.378 e. The number of H-pyrrole nitrogens is 2. The van der Waals surface area contributed by atoms with Gasteiger partial charge < -0.3 is 29.2 Å². The third-order valence-electron chi connectivity index (χ3n) is 6.74. The van der Waals surface area contributed by atoms with Gasteiger partial charge in [-0.05, 0) is 49.4 Å². The summed E-state index contributed by atoms with van der Waals surface area (Å²) in [6.45, 7) is 6.23. The van der Waals surface area contributed by atoms with Gasteiger partial charge in [0, 0.05) is 56.9 Å². The summed E-state index contributed by atoms with van der Waals surface area (Å²) in [5.41, 5.74) is 3.25. The van der Waals surface area contributed by atoms with E-state index >= 15 is 0 Å². The predicted molar refractivity (Wildman–Crippen MR) is 155 cm³/mol. The lowest BCUT2D eigenvalue weighted by atomic mass is 10.1. The minimum atomic E-state index is -0.143. The van der Waals surface area contributed by atoms with Gasteiger partial charge in [-0.2, -0.15) is 0 Å². The SMILES string of the molecule is CC(=O)c1c(C(=O)N2CCOCC2)[nH]c2ccc(Br)cc12.O=C(c1cc2cc(Br)ccc2[nH]1)N1CCOCC1. The first-order valence-electron chi connectivity index (χ1n) is 12.7. The number of rotatable bonds is 3. The van der Waals surface area contributed by atoms with Crippen LogP contribution in [0.3, 0.4) is 0 Å². The van der Waals surface area contributed by atoms with Crippen LogP contribution in [-0.4, -0.2) is 90.0 Å². The van der Waals surface area contributed by atoms with Crippen LogP contribution in [0, 0.1) is 0 Å². The molecular formula is C28H28Br2N4O5. The normalized spacial score (nSPS) is 15.8. The molecule has 2 aliphatic rings. The van der Waals surface area contributed by atoms with Crippen LogP contribution >= 0.6 is 31.9 Å². The summed E-state index contributed by atoms with van der Waals surface area (Å²) < 4.78 is 12.4. The van der Waals surface area contributed by atoms with E-state index in [-0.39, 0.29) is 17.6 Å². The van der Waals surface area contributed by atoms with E-state index in [1.807, 2.05) is 47.4 Å². The number of fused-ring (bicyclic) bond motifs is 2. The fourth-order valence-electron chi connectivity index (χ4n) is 4.77. The van der Waals surface area contributed by atoms with Crippen molar-refractivity contribution in [3.63, 3.8) is 0 Å². The van der Waals surface area contributed by atoms with Crippen LogP contribution in [-0.2, 0) is 9.47 Å². The molecule has 9 nitrogen and oxygen atoms in total. The highest BCUT2D eigenvalue weighted by atomic mass is 79.9. The van der Waals surface area contributed by atoms with Crippen LogP contribution in [0.4, 0.5) is 0 Å². The Morgan fingerprint density at radius 2 is 1.31 bits per heavy atom. The number of halogens is 2. The average molecular weight is 660 g/mol. The van der Waals surface area contributed by atoms with Crippen molar-refractivity contribution in [3.05, 3.63) is 68.4 Å². The second kappa shape index (κ2) is 12.0. The number of aromatic amines is 2. The molecule has 4 aromatic rings. The molecule has 6 rings (SSSR count). The smallest absolute Gasteiger partial charge is 0.271 e. The van der Waals surface area contributed by atoms with Crippen LogP contribution in [0.1, 0.15) is 38.3 Å². The molecular weight excluding hydrogens is 632 g/mol. The van der Waals surface area contributed by atoms with Crippen molar-refractivity contribution in [2.75, 3.05) is 52.6 Å². The number of ketones is 1. The lowest BCUT2D eigenvalue weighted by molar-refractivity contribution is 0.0297. The number of ether oxygens (including phenoxy) is 2. The third-order valence-corrected chi connectivity index (χ3v) is 7.72. The van der Waals surface area contributed by atoms with E-state index in [1.54, 1.807) is 4.90 Å². The second-order valence-electron chi connectivity index (χ2n) is 9.34. The molecule has 0 bridgehead atoms. The van der Waals surface area contributed by atoms with E-state index < -0.39 is 0 Å². The Balaban J connectivity index is 0.000000160. The quantitative estimate of drug-likeness (QED) is 0.301. The molecule has 2 aromatic heterocycles. The summed E-state index contributed by atoms with van der Waals surface area (Å²) >= 11 is 6.83. The van der Waals surface area contributed by atoms with Gasteiger partial charge in [-0.25, -0.2) is 0 Å². The number of carbonyl (C=O) groups excluding carboxylic acids is 3. The van der Waals surface area contributed by atoms with Crippen molar-refractivity contribution in [2.45, 2.75) is 6.92 Å². The number of morpholine rings is 2. The van der Waals surface area contributed by atoms with E-state index in [2.05, 4.69) is 41.8 Å². The summed E-state index contributed by atoms with van der Waals surface area (Å²) in [5, 5.41) is 1.81. The molecule has 0 unspecified atom stereocenters. The fraction of sp³-hybridized carbons (Fsp3) is 0.321. The molecule has 2 N–H and O–H groups in total. The Bertz CT molecular complexity index is 1530. The van der Waals surface area contributed by atoms with Crippen molar-refractivity contribution in [3.8, 4) is 0 Å². The molecule has 39 heavy (non-hydrogen) atoms. The van der Waals surface area contributed by atoms with Gasteiger partial charge in [0.1, 0.15) is 11.4 Å². The van der Waals surface area contributed by atoms with Crippen LogP contribution in [0.15, 0.2) is 51.4 Å². The molecule has 2 amide bonds. The summed E-state index contributed by atoms with van der Waals surface area (Å²) in [6.07, 6.45) is 0. The average Bonchev–Trinajstić information content (AvgIpc) is 3.54. The molecule has 0 radical (unpaired) electrons. The van der Waals surface area contributed by atoms with E-state index in [0.29, 0.717) is 69.6 Å². The molecule has 2 saturated heterocycles. The lowest BCUT2D eigenvalue weighted by Gasteiger charge is -2.26. The first kappa shape index (κ1) is 27.6. The number of nitrogens with zero attached hydrogens (tertiary/aromatic N) is 2. The molecule has 0 aliphatic carbocycles. The molecule has 0 saturated carbocycles. The number of benzene rings is 2. The summed E-state index contributed by atoms with van der Waals surface area (Å²) in [5.74, 6) is -0.211. The van der Waals surface area contributed by atoms with Crippen molar-refractivity contribution < 1.29 is 23.9 Å². The number of hydrogen-bond acceptors (Lipinski definition) is 5. The van der Waals surface area contributed by atoms with Gasteiger partial charge in [0.15, 0.2) is 5.78 Å². The van der Waals surface area contributed by atoms with Crippen molar-refractivity contribution >= 4 is 71.3 Å². The summed E-state index contributed by atoms with van der Waals surface area (Å²) in [4.78, 5) is 46.7. The monoisotopic (exact) mass is 658 g/mol. The van der Waals surface area contributed by atoms with Gasteiger partial charge in [0.05, 0.1) is 32.0 Å². The standard InChI is InChI=1S/C15H15BrN2O3.C13H13BrN2O2/c1-9(19)13-11-8-10(16)2-3-12(11)17-14(13)15(20)18-4-6-21-7-5-18;14-10-1-2-11-9(7-10)8-12(15-11)13(17)16-3-5-18-6-4-16/h2-3,8,17H,4-7H2,1H3;1-2,7-8,15H,3-6H2. The number of amides is 2. The Kier molecular flexibility index (Phi) is 8.51. The first-order valence-corrected chi connectivity index (χ1v) is 14.2. The van der Waals surface area contributed by atoms with Crippen molar-refractivity contribution in [1.29, 1.82) is 0 Å². The van der Waals surface area contributed by atoms with E-state index in [0.717, 1.165) is 30.8 Å². The molecule has 11 heteroatoms. The van der Waals surface area contributed by atoms with E-state index in [9.17, 15) is 14.4 Å². The zero-order chi connectivity index (χ0) is 27.5. The van der Waals surface area contributed by atoms with Gasteiger partial charge >= 0.3 is 0 Å². The summed E-state index contributed by atoms with van der Waals surface area (Å²) in [6, 6.07) is 13.4. The molecule has 0 atom stereocenters.